The van der Waals surface area contributed by atoms with Crippen molar-refractivity contribution in [1.29, 1.82) is 0 Å². The highest BCUT2D eigenvalue weighted by Crippen LogP contribution is 2.54. The standard InChI is InChI=1S/C12H19NO3/c14-11(15)3-1-2-6-13-12(16)10-7-9(10)8-4-5-8/h8-10H,1-7H2,(H,13,16)(H,14,15)/t9-,10-/m0/s1. The third-order valence-corrected chi connectivity index (χ3v) is 3.52. The topological polar surface area (TPSA) is 66.4 Å². The molecule has 2 rings (SSSR count). The Morgan fingerprint density at radius 1 is 1.25 bits per heavy atom. The summed E-state index contributed by atoms with van der Waals surface area (Å²) < 4.78 is 0. The molecule has 2 atom stereocenters. The molecule has 90 valence electrons. The smallest absolute Gasteiger partial charge is 0.303 e. The first-order valence-electron chi connectivity index (χ1n) is 6.18. The maximum atomic E-state index is 11.6. The Balaban J connectivity index is 1.50. The number of hydrogen-bond acceptors (Lipinski definition) is 2. The summed E-state index contributed by atoms with van der Waals surface area (Å²) in [5, 5.41) is 11.3. The number of amides is 1. The van der Waals surface area contributed by atoms with Crippen LogP contribution in [-0.4, -0.2) is 23.5 Å². The third kappa shape index (κ3) is 3.22. The van der Waals surface area contributed by atoms with Crippen LogP contribution in [0.1, 0.15) is 38.5 Å². The van der Waals surface area contributed by atoms with Crippen LogP contribution >= 0.6 is 0 Å². The number of carboxylic acids is 1. The van der Waals surface area contributed by atoms with Crippen LogP contribution in [0.3, 0.4) is 0 Å². The highest BCUT2D eigenvalue weighted by atomic mass is 16.4. The predicted molar refractivity (Wildman–Crippen MR) is 58.8 cm³/mol. The summed E-state index contributed by atoms with van der Waals surface area (Å²) in [6, 6.07) is 0. The van der Waals surface area contributed by atoms with Crippen LogP contribution in [0.5, 0.6) is 0 Å². The van der Waals surface area contributed by atoms with Crippen molar-refractivity contribution in [2.45, 2.75) is 38.5 Å². The molecule has 0 saturated heterocycles. The fourth-order valence-electron chi connectivity index (χ4n) is 2.31. The molecule has 1 amide bonds. The lowest BCUT2D eigenvalue weighted by molar-refractivity contribution is -0.137. The highest BCUT2D eigenvalue weighted by molar-refractivity contribution is 5.81. The Labute approximate surface area is 95.4 Å². The Morgan fingerprint density at radius 2 is 2.00 bits per heavy atom. The average Bonchev–Trinajstić information content (AvgIpc) is 3.06. The number of aliphatic carboxylic acids is 1. The molecule has 0 bridgehead atoms. The second-order valence-corrected chi connectivity index (χ2v) is 4.99. The molecule has 0 radical (unpaired) electrons. The van der Waals surface area contributed by atoms with Crippen LogP contribution in [0.2, 0.25) is 0 Å². The molecule has 2 fully saturated rings. The molecule has 2 saturated carbocycles. The van der Waals surface area contributed by atoms with Crippen LogP contribution < -0.4 is 5.32 Å². The first-order valence-corrected chi connectivity index (χ1v) is 6.18. The number of carbonyl (C=O) groups is 2. The van der Waals surface area contributed by atoms with Crippen molar-refractivity contribution in [3.05, 3.63) is 0 Å². The molecular formula is C12H19NO3. The molecule has 2 N–H and O–H groups in total. The average molecular weight is 225 g/mol. The number of nitrogens with one attached hydrogen (secondary N) is 1. The summed E-state index contributed by atoms with van der Waals surface area (Å²) in [6.07, 6.45) is 5.31. The van der Waals surface area contributed by atoms with E-state index in [1.807, 2.05) is 0 Å². The van der Waals surface area contributed by atoms with Gasteiger partial charge in [-0.15, -0.1) is 0 Å². The maximum absolute atomic E-state index is 11.6. The molecule has 16 heavy (non-hydrogen) atoms. The summed E-state index contributed by atoms with van der Waals surface area (Å²) >= 11 is 0. The van der Waals surface area contributed by atoms with Gasteiger partial charge in [0.25, 0.3) is 0 Å². The zero-order chi connectivity index (χ0) is 11.5. The quantitative estimate of drug-likeness (QED) is 0.644. The fraction of sp³-hybridized carbons (Fsp3) is 0.833. The van der Waals surface area contributed by atoms with Crippen molar-refractivity contribution >= 4 is 11.9 Å². The van der Waals surface area contributed by atoms with Gasteiger partial charge in [-0.2, -0.15) is 0 Å². The van der Waals surface area contributed by atoms with Gasteiger partial charge in [0.05, 0.1) is 0 Å². The summed E-state index contributed by atoms with van der Waals surface area (Å²) in [5.74, 6) is 1.20. The molecule has 0 aliphatic heterocycles. The molecule has 0 aromatic rings. The molecule has 0 unspecified atom stereocenters. The first kappa shape index (κ1) is 11.4. The van der Waals surface area contributed by atoms with Crippen molar-refractivity contribution in [2.75, 3.05) is 6.54 Å². The lowest BCUT2D eigenvalue weighted by atomic mass is 10.2. The summed E-state index contributed by atoms with van der Waals surface area (Å²) in [7, 11) is 0. The second-order valence-electron chi connectivity index (χ2n) is 4.99. The van der Waals surface area contributed by atoms with Crippen molar-refractivity contribution < 1.29 is 14.7 Å². The summed E-state index contributed by atoms with van der Waals surface area (Å²) in [6.45, 7) is 0.625. The minimum Gasteiger partial charge on any atom is -0.481 e. The van der Waals surface area contributed by atoms with Crippen LogP contribution in [0, 0.1) is 17.8 Å². The van der Waals surface area contributed by atoms with Crippen LogP contribution in [-0.2, 0) is 9.59 Å². The van der Waals surface area contributed by atoms with Gasteiger partial charge in [-0.25, -0.2) is 0 Å². The summed E-state index contributed by atoms with van der Waals surface area (Å²) in [5.41, 5.74) is 0. The molecule has 0 heterocycles. The van der Waals surface area contributed by atoms with Gasteiger partial charge in [-0.3, -0.25) is 9.59 Å². The second kappa shape index (κ2) is 4.85. The van der Waals surface area contributed by atoms with Gasteiger partial charge in [0.1, 0.15) is 0 Å². The van der Waals surface area contributed by atoms with Crippen LogP contribution in [0.4, 0.5) is 0 Å². The van der Waals surface area contributed by atoms with Crippen LogP contribution in [0.15, 0.2) is 0 Å². The lowest BCUT2D eigenvalue weighted by Crippen LogP contribution is -2.26. The van der Waals surface area contributed by atoms with Crippen molar-refractivity contribution in [3.63, 3.8) is 0 Å². The minimum absolute atomic E-state index is 0.187. The zero-order valence-corrected chi connectivity index (χ0v) is 9.45. The van der Waals surface area contributed by atoms with E-state index >= 15 is 0 Å². The SMILES string of the molecule is O=C(O)CCCCNC(=O)[C@H]1C[C@H]1C1CC1. The van der Waals surface area contributed by atoms with Crippen molar-refractivity contribution in [3.8, 4) is 0 Å². The molecule has 0 spiro atoms. The molecule has 0 aromatic carbocycles. The Morgan fingerprint density at radius 3 is 2.62 bits per heavy atom. The van der Waals surface area contributed by atoms with Crippen LogP contribution in [0.25, 0.3) is 0 Å². The van der Waals surface area contributed by atoms with Gasteiger partial charge in [0, 0.05) is 18.9 Å². The van der Waals surface area contributed by atoms with Gasteiger partial charge < -0.3 is 10.4 Å². The van der Waals surface area contributed by atoms with E-state index in [9.17, 15) is 9.59 Å². The number of hydrogen-bond donors (Lipinski definition) is 2. The van der Waals surface area contributed by atoms with E-state index < -0.39 is 5.97 Å². The highest BCUT2D eigenvalue weighted by Gasteiger charge is 2.50. The fourth-order valence-corrected chi connectivity index (χ4v) is 2.31. The molecular weight excluding hydrogens is 206 g/mol. The number of carbonyl (C=O) groups excluding carboxylic acids is 1. The lowest BCUT2D eigenvalue weighted by Gasteiger charge is -2.03. The number of carboxylic acid groups (broad SMARTS) is 1. The first-order chi connectivity index (χ1) is 7.68. The van der Waals surface area contributed by atoms with Crippen molar-refractivity contribution in [1.82, 2.24) is 5.32 Å². The Bertz CT molecular complexity index is 286. The largest absolute Gasteiger partial charge is 0.481 e. The van der Waals surface area contributed by atoms with E-state index in [-0.39, 0.29) is 18.2 Å². The maximum Gasteiger partial charge on any atom is 0.303 e. The Kier molecular flexibility index (Phi) is 3.46. The molecule has 2 aliphatic carbocycles. The predicted octanol–water partition coefficient (Wildman–Crippen LogP) is 1.40. The van der Waals surface area contributed by atoms with Crippen molar-refractivity contribution in [2.24, 2.45) is 17.8 Å². The normalized spacial score (nSPS) is 27.5. The third-order valence-electron chi connectivity index (χ3n) is 3.52. The van der Waals surface area contributed by atoms with E-state index in [2.05, 4.69) is 5.32 Å². The minimum atomic E-state index is -0.762. The van der Waals surface area contributed by atoms with Gasteiger partial charge in [-0.05, 0) is 43.9 Å². The molecule has 2 aliphatic rings. The van der Waals surface area contributed by atoms with E-state index in [4.69, 9.17) is 5.11 Å². The zero-order valence-electron chi connectivity index (χ0n) is 9.45. The van der Waals surface area contributed by atoms with Gasteiger partial charge in [0.2, 0.25) is 5.91 Å². The Hall–Kier alpha value is -1.06. The van der Waals surface area contributed by atoms with Gasteiger partial charge in [-0.1, -0.05) is 0 Å². The molecule has 0 aromatic heterocycles. The van der Waals surface area contributed by atoms with E-state index in [1.165, 1.54) is 12.8 Å². The molecule has 4 nitrogen and oxygen atoms in total. The van der Waals surface area contributed by atoms with E-state index in [1.54, 1.807) is 0 Å². The monoisotopic (exact) mass is 225 g/mol. The summed E-state index contributed by atoms with van der Waals surface area (Å²) in [4.78, 5) is 21.9. The number of rotatable bonds is 7. The van der Waals surface area contributed by atoms with E-state index in [0.29, 0.717) is 18.9 Å². The van der Waals surface area contributed by atoms with Gasteiger partial charge in [0.15, 0.2) is 0 Å². The number of unbranched alkanes of at least 4 members (excludes halogenated alkanes) is 1. The van der Waals surface area contributed by atoms with Gasteiger partial charge >= 0.3 is 5.97 Å². The van der Waals surface area contributed by atoms with E-state index in [0.717, 1.165) is 18.8 Å². The molecule has 4 heteroatoms.